The van der Waals surface area contributed by atoms with E-state index in [1.54, 1.807) is 85.2 Å². The van der Waals surface area contributed by atoms with Gasteiger partial charge >= 0.3 is 24.3 Å². The maximum atomic E-state index is 13.9. The van der Waals surface area contributed by atoms with E-state index in [0.29, 0.717) is 107 Å². The van der Waals surface area contributed by atoms with Crippen molar-refractivity contribution in [2.45, 2.75) is 137 Å². The third kappa shape index (κ3) is 20.5. The van der Waals surface area contributed by atoms with Gasteiger partial charge in [-0.3, -0.25) is 9.59 Å². The molecule has 0 radical (unpaired) electrons. The molecule has 2 fully saturated rings. The van der Waals surface area contributed by atoms with Crippen LogP contribution in [0.3, 0.4) is 0 Å². The van der Waals surface area contributed by atoms with E-state index in [2.05, 4.69) is 31.2 Å². The Labute approximate surface area is 561 Å². The van der Waals surface area contributed by atoms with Crippen molar-refractivity contribution in [2.75, 3.05) is 35.3 Å². The van der Waals surface area contributed by atoms with Gasteiger partial charge in [0.25, 0.3) is 0 Å². The van der Waals surface area contributed by atoms with Gasteiger partial charge in [0.15, 0.2) is 42.7 Å². The van der Waals surface area contributed by atoms with Crippen molar-refractivity contribution in [3.63, 3.8) is 0 Å². The third-order valence-electron chi connectivity index (χ3n) is 14.5. The highest BCUT2D eigenvalue weighted by Crippen LogP contribution is 2.39. The standard InChI is InChI=1S/2C32H36N4O5S.2C2HF3O2/c2*1-4-40-28-18-22(9-14-27(28)41-20(2)3)30(36-24-10-13-26-21(17-24)15-16-34-31(26)33)32(37)35-19-23-7-5-6-8-29(23)42(38,39)25-11-12-25;2*3-2(4,5)1(6)7/h2*5-10,13-18,20,25,30,36H,4,11-12,19H2,1-3H3,(H2,33,34)(H,35,37);2*(H,6,7)/t2*30-;;/m10../s1. The van der Waals surface area contributed by atoms with Crippen LogP contribution in [0.1, 0.15) is 102 Å². The number of halogens is 6. The van der Waals surface area contributed by atoms with Crippen molar-refractivity contribution in [3.8, 4) is 23.0 Å². The summed E-state index contributed by atoms with van der Waals surface area (Å²) < 4.78 is 139. The minimum Gasteiger partial charge on any atom is -0.490 e. The van der Waals surface area contributed by atoms with Crippen LogP contribution in [0.25, 0.3) is 21.5 Å². The molecule has 0 unspecified atom stereocenters. The molecule has 0 aliphatic heterocycles. The normalized spacial score (nSPS) is 13.6. The summed E-state index contributed by atoms with van der Waals surface area (Å²) in [6, 6.07) is 37.8. The van der Waals surface area contributed by atoms with Crippen molar-refractivity contribution in [3.05, 3.63) is 168 Å². The maximum absolute atomic E-state index is 13.9. The quantitative estimate of drug-likeness (QED) is 0.0261. The van der Waals surface area contributed by atoms with E-state index in [9.17, 15) is 52.8 Å². The lowest BCUT2D eigenvalue weighted by molar-refractivity contribution is -0.193. The average molecular weight is 1410 g/mol. The molecule has 30 heteroatoms. The van der Waals surface area contributed by atoms with Crippen molar-refractivity contribution in [2.24, 2.45) is 0 Å². The van der Waals surface area contributed by atoms with Gasteiger partial charge in [-0.1, -0.05) is 48.5 Å². The molecule has 22 nitrogen and oxygen atoms in total. The molecular weight excluding hydrogens is 1330 g/mol. The van der Waals surface area contributed by atoms with Crippen molar-refractivity contribution in [1.82, 2.24) is 20.6 Å². The van der Waals surface area contributed by atoms with Crippen LogP contribution in [-0.2, 0) is 51.9 Å². The number of fused-ring (bicyclic) bond motifs is 2. The van der Waals surface area contributed by atoms with Crippen LogP contribution >= 0.6 is 0 Å². The molecule has 2 saturated carbocycles. The number of nitrogens with zero attached hydrogens (tertiary/aromatic N) is 2. The zero-order chi connectivity index (χ0) is 71.9. The van der Waals surface area contributed by atoms with E-state index in [1.165, 1.54) is 0 Å². The molecule has 98 heavy (non-hydrogen) atoms. The number of nitrogens with one attached hydrogen (secondary N) is 4. The molecule has 2 heterocycles. The largest absolute Gasteiger partial charge is 0.490 e. The van der Waals surface area contributed by atoms with Gasteiger partial charge in [0.2, 0.25) is 11.8 Å². The lowest BCUT2D eigenvalue weighted by atomic mass is 10.0. The number of alkyl halides is 6. The highest BCUT2D eigenvalue weighted by Gasteiger charge is 2.41. The van der Waals surface area contributed by atoms with Crippen LogP contribution in [-0.4, -0.2) is 109 Å². The Kier molecular flexibility index (Phi) is 25.2. The number of amides is 2. The number of carbonyl (C=O) groups is 4. The number of hydrogen-bond acceptors (Lipinski definition) is 18. The Hall–Kier alpha value is -10.1. The van der Waals surface area contributed by atoms with E-state index in [0.717, 1.165) is 21.5 Å². The number of carbonyl (C=O) groups excluding carboxylic acids is 2. The number of rotatable bonds is 24. The minimum atomic E-state index is -5.08. The first-order valence-corrected chi connectivity index (χ1v) is 33.8. The van der Waals surface area contributed by atoms with Gasteiger partial charge in [-0.05, 0) is 185 Å². The summed E-state index contributed by atoms with van der Waals surface area (Å²) in [6.07, 6.45) is -4.33. The number of carboxylic acid groups (broad SMARTS) is 2. The SMILES string of the molecule is CCOc1cc([C@@H](Nc2ccc3c(N)nccc3c2)C(=O)NCc2ccccc2S(=O)(=O)C2CC2)ccc1OC(C)C.CCOc1cc([C@H](Nc2ccc3c(N)nccc3c2)C(=O)NCc2ccccc2S(=O)(=O)C2CC2)ccc1OC(C)C.O=C(O)C(F)(F)F.O=C(O)C(F)(F)F. The van der Waals surface area contributed by atoms with Gasteiger partial charge in [0, 0.05) is 47.6 Å². The zero-order valence-electron chi connectivity index (χ0n) is 53.9. The van der Waals surface area contributed by atoms with Gasteiger partial charge in [-0.25, -0.2) is 36.4 Å². The van der Waals surface area contributed by atoms with Crippen molar-refractivity contribution in [1.29, 1.82) is 0 Å². The molecule has 2 amide bonds. The molecule has 6 aromatic carbocycles. The molecule has 0 spiro atoms. The van der Waals surface area contributed by atoms with Gasteiger partial charge in [0.05, 0.1) is 45.7 Å². The van der Waals surface area contributed by atoms with E-state index in [-0.39, 0.29) is 57.4 Å². The third-order valence-corrected chi connectivity index (χ3v) is 19.3. The van der Waals surface area contributed by atoms with E-state index in [1.807, 2.05) is 102 Å². The second-order valence-corrected chi connectivity index (χ2v) is 27.2. The molecule has 2 aliphatic carbocycles. The summed E-state index contributed by atoms with van der Waals surface area (Å²) >= 11 is 0. The molecular formula is C68H74F6N8O14S2. The lowest BCUT2D eigenvalue weighted by Gasteiger charge is -2.23. The number of aromatic nitrogens is 2. The first-order valence-electron chi connectivity index (χ1n) is 30.7. The molecule has 10 rings (SSSR count). The fourth-order valence-electron chi connectivity index (χ4n) is 9.70. The monoisotopic (exact) mass is 1400 g/mol. The summed E-state index contributed by atoms with van der Waals surface area (Å²) in [7, 11) is -6.86. The molecule has 2 aliphatic rings. The number of nitrogen functional groups attached to an aromatic ring is 2. The molecule has 8 aromatic rings. The van der Waals surface area contributed by atoms with Crippen LogP contribution in [0.15, 0.2) is 156 Å². The second kappa shape index (κ2) is 32.8. The number of anilines is 4. The fraction of sp³-hybridized carbons (Fsp3) is 0.324. The summed E-state index contributed by atoms with van der Waals surface area (Å²) in [5.41, 5.74) is 15.9. The zero-order valence-corrected chi connectivity index (χ0v) is 55.5. The number of sulfone groups is 2. The van der Waals surface area contributed by atoms with Crippen LogP contribution in [0.5, 0.6) is 23.0 Å². The summed E-state index contributed by atoms with van der Waals surface area (Å²) in [5.74, 6) is -3.09. The number of benzene rings is 6. The number of ether oxygens (including phenoxy) is 4. The Morgan fingerprint density at radius 1 is 0.520 bits per heavy atom. The summed E-state index contributed by atoms with van der Waals surface area (Å²) in [4.78, 5) is 54.3. The number of nitrogens with two attached hydrogens (primary N) is 2. The smallest absolute Gasteiger partial charge is 0.490 e. The fourth-order valence-corrected chi connectivity index (χ4v) is 13.5. The molecule has 0 bridgehead atoms. The highest BCUT2D eigenvalue weighted by atomic mass is 32.2. The molecule has 10 N–H and O–H groups in total. The number of hydrogen-bond donors (Lipinski definition) is 8. The Morgan fingerprint density at radius 2 is 0.867 bits per heavy atom. The summed E-state index contributed by atoms with van der Waals surface area (Å²) in [6.45, 7) is 12.5. The van der Waals surface area contributed by atoms with Crippen LogP contribution in [0, 0.1) is 0 Å². The Morgan fingerprint density at radius 3 is 1.18 bits per heavy atom. The lowest BCUT2D eigenvalue weighted by Crippen LogP contribution is -2.33. The number of carboxylic acids is 2. The van der Waals surface area contributed by atoms with Gasteiger partial charge < -0.3 is 61.9 Å². The summed E-state index contributed by atoms with van der Waals surface area (Å²) in [5, 5.41) is 29.6. The average Bonchev–Trinajstić information content (AvgIpc) is 1.58. The maximum Gasteiger partial charge on any atom is 0.490 e. The van der Waals surface area contributed by atoms with Crippen LogP contribution in [0.4, 0.5) is 49.4 Å². The first kappa shape index (κ1) is 75.3. The topological polar surface area (TPSA) is 340 Å². The van der Waals surface area contributed by atoms with Crippen molar-refractivity contribution >= 4 is 88.0 Å². The minimum absolute atomic E-state index is 0.0567. The molecule has 524 valence electrons. The van der Waals surface area contributed by atoms with Crippen molar-refractivity contribution < 1.29 is 91.5 Å². The predicted octanol–water partition coefficient (Wildman–Crippen LogP) is 12.1. The second-order valence-electron chi connectivity index (χ2n) is 22.8. The predicted molar refractivity (Wildman–Crippen MR) is 356 cm³/mol. The Balaban J connectivity index is 0.000000231. The molecule has 2 aromatic heterocycles. The van der Waals surface area contributed by atoms with Gasteiger partial charge in [-0.15, -0.1) is 0 Å². The van der Waals surface area contributed by atoms with Crippen LogP contribution in [0.2, 0.25) is 0 Å². The van der Waals surface area contributed by atoms with Gasteiger partial charge in [0.1, 0.15) is 23.7 Å². The van der Waals surface area contributed by atoms with E-state index >= 15 is 0 Å². The number of pyridine rings is 2. The van der Waals surface area contributed by atoms with Crippen LogP contribution < -0.4 is 51.7 Å². The van der Waals surface area contributed by atoms with E-state index in [4.69, 9.17) is 50.2 Å². The van der Waals surface area contributed by atoms with E-state index < -0.39 is 56.0 Å². The number of aliphatic carboxylic acids is 2. The first-order chi connectivity index (χ1) is 46.2. The van der Waals surface area contributed by atoms with Gasteiger partial charge in [-0.2, -0.15) is 26.3 Å². The molecule has 0 saturated heterocycles. The Bertz CT molecular complexity index is 4110. The highest BCUT2D eigenvalue weighted by molar-refractivity contribution is 7.92. The molecule has 2 atom stereocenters.